The highest BCUT2D eigenvalue weighted by molar-refractivity contribution is 7.13. The van der Waals surface area contributed by atoms with Gasteiger partial charge in [-0.3, -0.25) is 14.4 Å². The molecular formula is C22H26N4O4S. The minimum atomic E-state index is -0.763. The fourth-order valence-corrected chi connectivity index (χ4v) is 4.55. The summed E-state index contributed by atoms with van der Waals surface area (Å²) in [4.78, 5) is 54.9. The Balaban J connectivity index is 1.63. The van der Waals surface area contributed by atoms with Crippen molar-refractivity contribution in [1.82, 2.24) is 20.5 Å². The third-order valence-corrected chi connectivity index (χ3v) is 6.31. The number of likely N-dealkylation sites (tertiary alicyclic amines) is 1. The first-order valence-electron chi connectivity index (χ1n) is 10.1. The van der Waals surface area contributed by atoms with E-state index in [0.29, 0.717) is 6.54 Å². The van der Waals surface area contributed by atoms with Crippen LogP contribution in [0.3, 0.4) is 0 Å². The first-order valence-corrected chi connectivity index (χ1v) is 11.0. The molecule has 1 aliphatic rings. The number of hydrogen-bond acceptors (Lipinski definition) is 6. The molecular weight excluding hydrogens is 416 g/mol. The fraction of sp³-hybridized carbons (Fsp3) is 0.409. The molecule has 0 radical (unpaired) electrons. The molecule has 1 saturated heterocycles. The highest BCUT2D eigenvalue weighted by atomic mass is 32.1. The summed E-state index contributed by atoms with van der Waals surface area (Å²) in [5.41, 5.74) is 4.79. The van der Waals surface area contributed by atoms with Gasteiger partial charge in [-0.2, -0.15) is 0 Å². The number of nitrogens with zero attached hydrogens (tertiary/aromatic N) is 2. The van der Waals surface area contributed by atoms with Crippen LogP contribution in [0.25, 0.3) is 10.4 Å². The molecule has 31 heavy (non-hydrogen) atoms. The van der Waals surface area contributed by atoms with E-state index >= 15 is 0 Å². The van der Waals surface area contributed by atoms with Crippen molar-refractivity contribution in [2.24, 2.45) is 5.92 Å². The molecule has 8 nitrogen and oxygen atoms in total. The zero-order valence-electron chi connectivity index (χ0n) is 17.8. The highest BCUT2D eigenvalue weighted by Crippen LogP contribution is 2.27. The number of nitrogens with one attached hydrogen (secondary N) is 2. The first kappa shape index (κ1) is 22.6. The van der Waals surface area contributed by atoms with Crippen molar-refractivity contribution in [3.63, 3.8) is 0 Å². The van der Waals surface area contributed by atoms with Gasteiger partial charge in [-0.05, 0) is 31.4 Å². The van der Waals surface area contributed by atoms with Crippen molar-refractivity contribution in [2.75, 3.05) is 6.54 Å². The van der Waals surface area contributed by atoms with E-state index in [1.807, 2.05) is 36.7 Å². The van der Waals surface area contributed by atoms with Gasteiger partial charge in [0.2, 0.25) is 17.7 Å². The zero-order chi connectivity index (χ0) is 22.5. The number of amides is 3. The number of hydrogen-bond donors (Lipinski definition) is 2. The molecule has 2 heterocycles. The van der Waals surface area contributed by atoms with E-state index < -0.39 is 18.0 Å². The number of rotatable bonds is 7. The molecule has 0 aliphatic carbocycles. The lowest BCUT2D eigenvalue weighted by atomic mass is 10.1. The van der Waals surface area contributed by atoms with Crippen LogP contribution < -0.4 is 10.6 Å². The van der Waals surface area contributed by atoms with Gasteiger partial charge in [-0.15, -0.1) is 11.3 Å². The van der Waals surface area contributed by atoms with Gasteiger partial charge in [-0.25, -0.2) is 4.98 Å². The van der Waals surface area contributed by atoms with Gasteiger partial charge in [0.25, 0.3) is 0 Å². The number of aldehydes is 1. The molecule has 2 N–H and O–H groups in total. The second-order valence-electron chi connectivity index (χ2n) is 7.74. The van der Waals surface area contributed by atoms with E-state index in [-0.39, 0.29) is 30.7 Å². The van der Waals surface area contributed by atoms with E-state index in [9.17, 15) is 19.2 Å². The fourth-order valence-electron chi connectivity index (χ4n) is 3.73. The number of carbonyl (C=O) groups excluding carboxylic acids is 4. The van der Waals surface area contributed by atoms with Crippen molar-refractivity contribution in [3.05, 3.63) is 41.0 Å². The third kappa shape index (κ3) is 5.35. The maximum atomic E-state index is 12.8. The normalized spacial score (nSPS) is 19.0. The third-order valence-electron chi connectivity index (χ3n) is 5.33. The molecule has 0 spiro atoms. The molecule has 1 aromatic heterocycles. The Morgan fingerprint density at radius 2 is 2.00 bits per heavy atom. The summed E-state index contributed by atoms with van der Waals surface area (Å²) >= 11 is 1.58. The van der Waals surface area contributed by atoms with Crippen molar-refractivity contribution in [3.8, 4) is 10.4 Å². The Hall–Kier alpha value is -3.07. The van der Waals surface area contributed by atoms with Crippen LogP contribution >= 0.6 is 11.3 Å². The Morgan fingerprint density at radius 1 is 1.29 bits per heavy atom. The molecule has 3 rings (SSSR count). The van der Waals surface area contributed by atoms with E-state index in [2.05, 4.69) is 15.6 Å². The van der Waals surface area contributed by atoms with Crippen LogP contribution in [0.2, 0.25) is 0 Å². The van der Waals surface area contributed by atoms with Gasteiger partial charge in [0, 0.05) is 25.9 Å². The summed E-state index contributed by atoms with van der Waals surface area (Å²) in [6.45, 7) is 5.35. The molecule has 1 aromatic carbocycles. The molecule has 164 valence electrons. The summed E-state index contributed by atoms with van der Waals surface area (Å²) in [6.07, 6.45) is 1.05. The van der Waals surface area contributed by atoms with E-state index in [1.54, 1.807) is 18.3 Å². The Morgan fingerprint density at radius 3 is 2.58 bits per heavy atom. The minimum Gasteiger partial charge on any atom is -0.350 e. The van der Waals surface area contributed by atoms with E-state index in [1.165, 1.54) is 11.8 Å². The lowest BCUT2D eigenvalue weighted by molar-refractivity contribution is -0.141. The van der Waals surface area contributed by atoms with Gasteiger partial charge in [0.1, 0.15) is 18.4 Å². The molecule has 0 bridgehead atoms. The van der Waals surface area contributed by atoms with Crippen LogP contribution in [0.4, 0.5) is 0 Å². The van der Waals surface area contributed by atoms with Crippen LogP contribution in [-0.4, -0.2) is 52.5 Å². The predicted octanol–water partition coefficient (Wildman–Crippen LogP) is 1.68. The maximum Gasteiger partial charge on any atom is 0.245 e. The van der Waals surface area contributed by atoms with Crippen molar-refractivity contribution >= 4 is 35.3 Å². The smallest absolute Gasteiger partial charge is 0.245 e. The summed E-state index contributed by atoms with van der Waals surface area (Å²) < 4.78 is 0. The Labute approximate surface area is 185 Å². The summed E-state index contributed by atoms with van der Waals surface area (Å²) in [5, 5.41) is 5.41. The lowest BCUT2D eigenvalue weighted by Crippen LogP contribution is -2.52. The van der Waals surface area contributed by atoms with Crippen LogP contribution in [0.5, 0.6) is 0 Å². The Kier molecular flexibility index (Phi) is 7.17. The molecule has 2 aromatic rings. The van der Waals surface area contributed by atoms with Gasteiger partial charge in [-0.1, -0.05) is 24.3 Å². The topological polar surface area (TPSA) is 108 Å². The van der Waals surface area contributed by atoms with Crippen molar-refractivity contribution in [1.29, 1.82) is 0 Å². The quantitative estimate of drug-likeness (QED) is 0.634. The molecule has 9 heteroatoms. The largest absolute Gasteiger partial charge is 0.350 e. The monoisotopic (exact) mass is 442 g/mol. The second-order valence-corrected chi connectivity index (χ2v) is 8.60. The number of thiazole rings is 1. The number of carbonyl (C=O) groups is 4. The van der Waals surface area contributed by atoms with Gasteiger partial charge < -0.3 is 20.3 Å². The van der Waals surface area contributed by atoms with Crippen LogP contribution in [0.15, 0.2) is 29.8 Å². The molecule has 1 aliphatic heterocycles. The lowest BCUT2D eigenvalue weighted by Gasteiger charge is -2.27. The van der Waals surface area contributed by atoms with Crippen LogP contribution in [-0.2, 0) is 25.7 Å². The minimum absolute atomic E-state index is 0.174. The summed E-state index contributed by atoms with van der Waals surface area (Å²) in [6, 6.07) is 6.37. The molecule has 3 unspecified atom stereocenters. The molecule has 3 amide bonds. The maximum absolute atomic E-state index is 12.8. The SMILES string of the molecule is CC(=O)NC(C)C(=O)N1CC(C=O)CC1C(=O)NCc1ccc(-c2scnc2C)cc1. The van der Waals surface area contributed by atoms with E-state index in [0.717, 1.165) is 28.0 Å². The van der Waals surface area contributed by atoms with E-state index in [4.69, 9.17) is 0 Å². The highest BCUT2D eigenvalue weighted by Gasteiger charge is 2.40. The van der Waals surface area contributed by atoms with Gasteiger partial charge in [0.05, 0.1) is 16.1 Å². The van der Waals surface area contributed by atoms with Crippen molar-refractivity contribution in [2.45, 2.75) is 45.8 Å². The standard InChI is InChI=1S/C22H26N4O4S/c1-13-20(31-12-24-13)18-6-4-16(5-7-18)9-23-21(29)19-8-17(11-27)10-26(19)22(30)14(2)25-15(3)28/h4-7,11-12,14,17,19H,8-10H2,1-3H3,(H,23,29)(H,25,28). The molecule has 1 fully saturated rings. The van der Waals surface area contributed by atoms with Crippen molar-refractivity contribution < 1.29 is 19.2 Å². The van der Waals surface area contributed by atoms with Gasteiger partial charge in [0.15, 0.2) is 0 Å². The van der Waals surface area contributed by atoms with Crippen LogP contribution in [0.1, 0.15) is 31.5 Å². The van der Waals surface area contributed by atoms with Crippen LogP contribution in [0, 0.1) is 12.8 Å². The predicted molar refractivity (Wildman–Crippen MR) is 117 cm³/mol. The average molecular weight is 443 g/mol. The summed E-state index contributed by atoms with van der Waals surface area (Å²) in [7, 11) is 0. The number of aromatic nitrogens is 1. The molecule has 0 saturated carbocycles. The summed E-state index contributed by atoms with van der Waals surface area (Å²) in [5.74, 6) is -1.41. The average Bonchev–Trinajstić information content (AvgIpc) is 3.37. The Bertz CT molecular complexity index is 972. The first-order chi connectivity index (χ1) is 14.8. The second kappa shape index (κ2) is 9.82. The zero-order valence-corrected chi connectivity index (χ0v) is 18.6. The number of aryl methyl sites for hydroxylation is 1. The molecule has 3 atom stereocenters. The van der Waals surface area contributed by atoms with Gasteiger partial charge >= 0.3 is 0 Å². The number of benzene rings is 1.